The molecule has 0 unspecified atom stereocenters. The molecule has 1 nitrogen and oxygen atoms in total. The first-order valence-corrected chi connectivity index (χ1v) is 7.82. The summed E-state index contributed by atoms with van der Waals surface area (Å²) in [4.78, 5) is 0. The molecule has 0 atom stereocenters. The first-order valence-electron chi connectivity index (χ1n) is 7.82. The third-order valence-corrected chi connectivity index (χ3v) is 4.53. The number of hydrogen-bond donors (Lipinski definition) is 1. The number of hydrogen-bond acceptors (Lipinski definition) is 1. The van der Waals surface area contributed by atoms with Crippen LogP contribution >= 0.6 is 0 Å². The molecule has 0 aromatic heterocycles. The molecule has 1 aliphatic rings. The Hall–Kier alpha value is -0.980. The van der Waals surface area contributed by atoms with E-state index in [0.717, 1.165) is 6.54 Å². The lowest BCUT2D eigenvalue weighted by Gasteiger charge is -2.30. The van der Waals surface area contributed by atoms with Gasteiger partial charge < -0.3 is 5.32 Å². The van der Waals surface area contributed by atoms with E-state index >= 15 is 0 Å². The summed E-state index contributed by atoms with van der Waals surface area (Å²) in [6, 6.07) is 7.06. The highest BCUT2D eigenvalue weighted by Crippen LogP contribution is 2.44. The van der Waals surface area contributed by atoms with Crippen molar-refractivity contribution < 1.29 is 0 Å². The van der Waals surface area contributed by atoms with Gasteiger partial charge in [0.2, 0.25) is 0 Å². The minimum Gasteiger partial charge on any atom is -0.384 e. The van der Waals surface area contributed by atoms with Crippen LogP contribution in [0.5, 0.6) is 0 Å². The van der Waals surface area contributed by atoms with Gasteiger partial charge in [-0.3, -0.25) is 0 Å². The Kier molecular flexibility index (Phi) is 3.94. The quantitative estimate of drug-likeness (QED) is 0.779. The minimum absolute atomic E-state index is 0.238. The van der Waals surface area contributed by atoms with Crippen LogP contribution in [0.1, 0.15) is 71.4 Å². The van der Waals surface area contributed by atoms with Crippen LogP contribution in [0.3, 0.4) is 0 Å². The van der Waals surface area contributed by atoms with Crippen LogP contribution in [0.4, 0.5) is 5.69 Å². The maximum atomic E-state index is 3.64. The molecule has 0 amide bonds. The van der Waals surface area contributed by atoms with E-state index in [2.05, 4.69) is 58.1 Å². The van der Waals surface area contributed by atoms with Crippen molar-refractivity contribution in [2.24, 2.45) is 0 Å². The van der Waals surface area contributed by atoms with Gasteiger partial charge in [-0.1, -0.05) is 59.6 Å². The summed E-state index contributed by atoms with van der Waals surface area (Å²) in [6.07, 6.45) is 5.13. The van der Waals surface area contributed by atoms with E-state index in [1.165, 1.54) is 36.9 Å². The lowest BCUT2D eigenvalue weighted by Crippen LogP contribution is -2.28. The topological polar surface area (TPSA) is 12.0 Å². The predicted octanol–water partition coefficient (Wildman–Crippen LogP) is 5.25. The highest BCUT2D eigenvalue weighted by molar-refractivity contribution is 5.62. The molecule has 0 bridgehead atoms. The fraction of sp³-hybridized carbons (Fsp3) is 0.667. The van der Waals surface area contributed by atoms with Crippen LogP contribution in [0, 0.1) is 0 Å². The number of rotatable bonds is 4. The summed E-state index contributed by atoms with van der Waals surface area (Å²) in [5.41, 5.74) is 5.02. The molecule has 0 aliphatic carbocycles. The van der Waals surface area contributed by atoms with Gasteiger partial charge in [0.05, 0.1) is 0 Å². The zero-order valence-corrected chi connectivity index (χ0v) is 13.3. The van der Waals surface area contributed by atoms with Crippen molar-refractivity contribution in [3.8, 4) is 0 Å². The molecule has 0 saturated heterocycles. The summed E-state index contributed by atoms with van der Waals surface area (Å²) in [5.74, 6) is 0. The summed E-state index contributed by atoms with van der Waals surface area (Å²) in [5, 5.41) is 3.64. The van der Waals surface area contributed by atoms with Crippen LogP contribution in [0.2, 0.25) is 0 Å². The molecule has 19 heavy (non-hydrogen) atoms. The first-order chi connectivity index (χ1) is 8.93. The van der Waals surface area contributed by atoms with Crippen molar-refractivity contribution in [3.63, 3.8) is 0 Å². The summed E-state index contributed by atoms with van der Waals surface area (Å²) in [7, 11) is 0. The SMILES string of the molecule is CCCC1(CCC)CNc2ccc(C(C)(C)C)cc21. The van der Waals surface area contributed by atoms with E-state index in [9.17, 15) is 0 Å². The lowest BCUT2D eigenvalue weighted by atomic mass is 9.73. The highest BCUT2D eigenvalue weighted by Gasteiger charge is 2.37. The van der Waals surface area contributed by atoms with Gasteiger partial charge in [0.15, 0.2) is 0 Å². The van der Waals surface area contributed by atoms with Gasteiger partial charge in [-0.15, -0.1) is 0 Å². The van der Waals surface area contributed by atoms with Gasteiger partial charge in [0.1, 0.15) is 0 Å². The zero-order chi connectivity index (χ0) is 14.1. The maximum absolute atomic E-state index is 3.64. The number of benzene rings is 1. The van der Waals surface area contributed by atoms with Crippen molar-refractivity contribution in [3.05, 3.63) is 29.3 Å². The second-order valence-corrected chi connectivity index (χ2v) is 7.14. The molecule has 0 fully saturated rings. The second-order valence-electron chi connectivity index (χ2n) is 7.14. The molecule has 0 radical (unpaired) electrons. The molecular weight excluding hydrogens is 230 g/mol. The van der Waals surface area contributed by atoms with Crippen molar-refractivity contribution in [2.75, 3.05) is 11.9 Å². The molecule has 1 aromatic rings. The third kappa shape index (κ3) is 2.66. The smallest absolute Gasteiger partial charge is 0.0379 e. The monoisotopic (exact) mass is 259 g/mol. The van der Waals surface area contributed by atoms with Gasteiger partial charge in [0, 0.05) is 17.6 Å². The van der Waals surface area contributed by atoms with Crippen molar-refractivity contribution in [2.45, 2.75) is 71.1 Å². The van der Waals surface area contributed by atoms with E-state index in [-0.39, 0.29) is 5.41 Å². The Morgan fingerprint density at radius 3 is 2.26 bits per heavy atom. The highest BCUT2D eigenvalue weighted by atomic mass is 14.9. The van der Waals surface area contributed by atoms with Crippen LogP contribution < -0.4 is 5.32 Å². The predicted molar refractivity (Wildman–Crippen MR) is 85.1 cm³/mol. The number of fused-ring (bicyclic) bond motifs is 1. The molecule has 106 valence electrons. The average Bonchev–Trinajstić information content (AvgIpc) is 2.68. The third-order valence-electron chi connectivity index (χ3n) is 4.53. The Balaban J connectivity index is 2.46. The fourth-order valence-electron chi connectivity index (χ4n) is 3.49. The van der Waals surface area contributed by atoms with Gasteiger partial charge >= 0.3 is 0 Å². The normalized spacial score (nSPS) is 17.1. The van der Waals surface area contributed by atoms with Crippen LogP contribution in [-0.4, -0.2) is 6.54 Å². The Morgan fingerprint density at radius 1 is 1.11 bits per heavy atom. The summed E-state index contributed by atoms with van der Waals surface area (Å²) >= 11 is 0. The molecule has 1 heteroatoms. The Bertz CT molecular complexity index is 428. The maximum Gasteiger partial charge on any atom is 0.0379 e. The van der Waals surface area contributed by atoms with Crippen molar-refractivity contribution in [1.29, 1.82) is 0 Å². The van der Waals surface area contributed by atoms with E-state index in [1.54, 1.807) is 5.56 Å². The van der Waals surface area contributed by atoms with E-state index in [0.29, 0.717) is 5.41 Å². The van der Waals surface area contributed by atoms with Crippen LogP contribution in [0.15, 0.2) is 18.2 Å². The molecule has 1 aromatic carbocycles. The van der Waals surface area contributed by atoms with E-state index in [4.69, 9.17) is 0 Å². The largest absolute Gasteiger partial charge is 0.384 e. The Labute approximate surface area is 118 Å². The summed E-state index contributed by atoms with van der Waals surface area (Å²) in [6.45, 7) is 12.7. The lowest BCUT2D eigenvalue weighted by molar-refractivity contribution is 0.390. The van der Waals surface area contributed by atoms with Crippen LogP contribution in [-0.2, 0) is 10.8 Å². The van der Waals surface area contributed by atoms with Gasteiger partial charge in [0.25, 0.3) is 0 Å². The van der Waals surface area contributed by atoms with Gasteiger partial charge in [-0.05, 0) is 35.4 Å². The van der Waals surface area contributed by atoms with Gasteiger partial charge in [-0.25, -0.2) is 0 Å². The Morgan fingerprint density at radius 2 is 1.74 bits per heavy atom. The molecule has 1 N–H and O–H groups in total. The summed E-state index contributed by atoms with van der Waals surface area (Å²) < 4.78 is 0. The second kappa shape index (κ2) is 5.19. The minimum atomic E-state index is 0.238. The average molecular weight is 259 g/mol. The molecular formula is C18H29N. The number of nitrogens with one attached hydrogen (secondary N) is 1. The molecule has 1 heterocycles. The number of anilines is 1. The van der Waals surface area contributed by atoms with Crippen molar-refractivity contribution in [1.82, 2.24) is 0 Å². The molecule has 0 spiro atoms. The standard InChI is InChI=1S/C18H29N/c1-6-10-18(11-7-2)13-19-16-9-8-14(12-15(16)18)17(3,4)5/h8-9,12,19H,6-7,10-11,13H2,1-5H3. The molecule has 0 saturated carbocycles. The first kappa shape index (κ1) is 14.4. The van der Waals surface area contributed by atoms with Crippen LogP contribution in [0.25, 0.3) is 0 Å². The van der Waals surface area contributed by atoms with E-state index < -0.39 is 0 Å². The molecule has 2 rings (SSSR count). The van der Waals surface area contributed by atoms with Crippen molar-refractivity contribution >= 4 is 5.69 Å². The zero-order valence-electron chi connectivity index (χ0n) is 13.3. The fourth-order valence-corrected chi connectivity index (χ4v) is 3.49. The molecule has 1 aliphatic heterocycles. The van der Waals surface area contributed by atoms with Gasteiger partial charge in [-0.2, -0.15) is 0 Å². The van der Waals surface area contributed by atoms with E-state index in [1.807, 2.05) is 0 Å².